The fourth-order valence-corrected chi connectivity index (χ4v) is 2.79. The normalized spacial score (nSPS) is 15.9. The number of Topliss-reactive ketones (excluding diaryl/α,β-unsaturated/α-hetero) is 1. The van der Waals surface area contributed by atoms with Crippen molar-refractivity contribution >= 4 is 5.78 Å². The fourth-order valence-electron chi connectivity index (χ4n) is 2.79. The van der Waals surface area contributed by atoms with Gasteiger partial charge in [-0.25, -0.2) is 0 Å². The molecule has 4 nitrogen and oxygen atoms in total. The molecule has 0 spiro atoms. The van der Waals surface area contributed by atoms with E-state index in [1.54, 1.807) is 0 Å². The molecule has 1 saturated heterocycles. The van der Waals surface area contributed by atoms with Gasteiger partial charge in [0, 0.05) is 5.56 Å². The van der Waals surface area contributed by atoms with Crippen LogP contribution in [0.25, 0.3) is 0 Å². The summed E-state index contributed by atoms with van der Waals surface area (Å²) in [6, 6.07) is 5.52. The molecule has 0 radical (unpaired) electrons. The molecule has 1 aromatic carbocycles. The third kappa shape index (κ3) is 5.54. The molecule has 0 saturated carbocycles. The minimum atomic E-state index is 0.0389. The van der Waals surface area contributed by atoms with Crippen LogP contribution < -0.4 is 9.47 Å². The maximum atomic E-state index is 12.5. The summed E-state index contributed by atoms with van der Waals surface area (Å²) < 4.78 is 11.6. The molecule has 1 aliphatic heterocycles. The van der Waals surface area contributed by atoms with E-state index < -0.39 is 0 Å². The van der Waals surface area contributed by atoms with Gasteiger partial charge in [0.15, 0.2) is 17.3 Å². The summed E-state index contributed by atoms with van der Waals surface area (Å²) in [5.41, 5.74) is 0.697. The van der Waals surface area contributed by atoms with Crippen molar-refractivity contribution < 1.29 is 14.3 Å². The maximum absolute atomic E-state index is 12.5. The molecule has 1 aliphatic rings. The van der Waals surface area contributed by atoms with E-state index in [9.17, 15) is 4.79 Å². The Morgan fingerprint density at radius 3 is 2.22 bits per heavy atom. The lowest BCUT2D eigenvalue weighted by Gasteiger charge is -2.25. The molecule has 0 N–H and O–H groups in total. The lowest BCUT2D eigenvalue weighted by atomic mass is 10.1. The molecule has 128 valence electrons. The van der Waals surface area contributed by atoms with Crippen molar-refractivity contribution in [3.05, 3.63) is 23.8 Å². The van der Waals surface area contributed by atoms with Crippen LogP contribution in [0.3, 0.4) is 0 Å². The van der Waals surface area contributed by atoms with Crippen molar-refractivity contribution in [2.75, 3.05) is 19.6 Å². The third-order valence-electron chi connectivity index (χ3n) is 3.81. The zero-order valence-corrected chi connectivity index (χ0v) is 14.8. The molecule has 0 unspecified atom stereocenters. The average Bonchev–Trinajstić information content (AvgIpc) is 2.49. The van der Waals surface area contributed by atoms with Crippen LogP contribution in [0.2, 0.25) is 0 Å². The quantitative estimate of drug-likeness (QED) is 0.714. The van der Waals surface area contributed by atoms with Crippen molar-refractivity contribution in [3.8, 4) is 11.5 Å². The van der Waals surface area contributed by atoms with Crippen molar-refractivity contribution in [2.24, 2.45) is 0 Å². The maximum Gasteiger partial charge on any atom is 0.176 e. The predicted octanol–water partition coefficient (Wildman–Crippen LogP) is 3.93. The number of rotatable bonds is 7. The van der Waals surface area contributed by atoms with E-state index in [0.29, 0.717) is 23.6 Å². The van der Waals surface area contributed by atoms with Gasteiger partial charge in [0.1, 0.15) is 0 Å². The summed E-state index contributed by atoms with van der Waals surface area (Å²) in [5.74, 6) is 1.50. The third-order valence-corrected chi connectivity index (χ3v) is 3.81. The molecule has 0 bridgehead atoms. The lowest BCUT2D eigenvalue weighted by Crippen LogP contribution is -2.34. The number of hydrogen-bond donors (Lipinski definition) is 0. The highest BCUT2D eigenvalue weighted by molar-refractivity contribution is 5.98. The summed E-state index contributed by atoms with van der Waals surface area (Å²) in [5, 5.41) is 0. The summed E-state index contributed by atoms with van der Waals surface area (Å²) in [7, 11) is 0. The van der Waals surface area contributed by atoms with Crippen LogP contribution in [0.1, 0.15) is 57.3 Å². The molecule has 1 heterocycles. The van der Waals surface area contributed by atoms with Crippen molar-refractivity contribution in [3.63, 3.8) is 0 Å². The second-order valence-electron chi connectivity index (χ2n) is 6.75. The lowest BCUT2D eigenvalue weighted by molar-refractivity contribution is 0.0915. The fraction of sp³-hybridized carbons (Fsp3) is 0.632. The SMILES string of the molecule is CC(C)Oc1ccc(C(=O)CN2CCCCC2)cc1OC(C)C. The highest BCUT2D eigenvalue weighted by Gasteiger charge is 2.17. The first-order valence-corrected chi connectivity index (χ1v) is 8.68. The van der Waals surface area contributed by atoms with Gasteiger partial charge >= 0.3 is 0 Å². The summed E-state index contributed by atoms with van der Waals surface area (Å²) in [4.78, 5) is 14.8. The standard InChI is InChI=1S/C19H29NO3/c1-14(2)22-18-9-8-16(12-19(18)23-15(3)4)17(21)13-20-10-6-5-7-11-20/h8-9,12,14-15H,5-7,10-11,13H2,1-4H3. The van der Waals surface area contributed by atoms with E-state index in [1.807, 2.05) is 45.9 Å². The molecule has 0 aliphatic carbocycles. The molecule has 0 atom stereocenters. The number of nitrogens with zero attached hydrogens (tertiary/aromatic N) is 1. The predicted molar refractivity (Wildman–Crippen MR) is 92.6 cm³/mol. The van der Waals surface area contributed by atoms with E-state index in [1.165, 1.54) is 19.3 Å². The monoisotopic (exact) mass is 319 g/mol. The Morgan fingerprint density at radius 1 is 1.00 bits per heavy atom. The van der Waals surface area contributed by atoms with Crippen LogP contribution in [0, 0.1) is 0 Å². The Bertz CT molecular complexity index is 519. The largest absolute Gasteiger partial charge is 0.487 e. The van der Waals surface area contributed by atoms with E-state index in [2.05, 4.69) is 4.90 Å². The van der Waals surface area contributed by atoms with Crippen LogP contribution in [0.5, 0.6) is 11.5 Å². The first kappa shape index (κ1) is 17.8. The second kappa shape index (κ2) is 8.34. The van der Waals surface area contributed by atoms with Gasteiger partial charge in [0.05, 0.1) is 18.8 Å². The number of carbonyl (C=O) groups is 1. The zero-order chi connectivity index (χ0) is 16.8. The molecule has 23 heavy (non-hydrogen) atoms. The van der Waals surface area contributed by atoms with E-state index >= 15 is 0 Å². The van der Waals surface area contributed by atoms with Crippen molar-refractivity contribution in [2.45, 2.75) is 59.2 Å². The van der Waals surface area contributed by atoms with Crippen LogP contribution in [0.15, 0.2) is 18.2 Å². The van der Waals surface area contributed by atoms with Gasteiger partial charge in [-0.3, -0.25) is 9.69 Å². The molecular weight excluding hydrogens is 290 g/mol. The Hall–Kier alpha value is -1.55. The van der Waals surface area contributed by atoms with Crippen LogP contribution >= 0.6 is 0 Å². The number of ketones is 1. The van der Waals surface area contributed by atoms with E-state index in [4.69, 9.17) is 9.47 Å². The number of hydrogen-bond acceptors (Lipinski definition) is 4. The topological polar surface area (TPSA) is 38.8 Å². The van der Waals surface area contributed by atoms with Gasteiger partial charge in [-0.1, -0.05) is 6.42 Å². The molecule has 4 heteroatoms. The van der Waals surface area contributed by atoms with Crippen LogP contribution in [-0.2, 0) is 0 Å². The molecule has 1 aromatic rings. The minimum absolute atomic E-state index is 0.0389. The second-order valence-corrected chi connectivity index (χ2v) is 6.75. The molecule has 0 amide bonds. The van der Waals surface area contributed by atoms with Crippen molar-refractivity contribution in [1.29, 1.82) is 0 Å². The molecule has 1 fully saturated rings. The van der Waals surface area contributed by atoms with Gasteiger partial charge in [0.25, 0.3) is 0 Å². The Kier molecular flexibility index (Phi) is 6.46. The first-order valence-electron chi connectivity index (χ1n) is 8.68. The van der Waals surface area contributed by atoms with Gasteiger partial charge in [-0.05, 0) is 71.8 Å². The summed E-state index contributed by atoms with van der Waals surface area (Å²) >= 11 is 0. The average molecular weight is 319 g/mol. The number of ether oxygens (including phenoxy) is 2. The Balaban J connectivity index is 2.12. The van der Waals surface area contributed by atoms with E-state index in [-0.39, 0.29) is 18.0 Å². The summed E-state index contributed by atoms with van der Waals surface area (Å²) in [6.07, 6.45) is 3.77. The number of carbonyl (C=O) groups excluding carboxylic acids is 1. The van der Waals surface area contributed by atoms with Crippen LogP contribution in [-0.4, -0.2) is 42.5 Å². The highest BCUT2D eigenvalue weighted by Crippen LogP contribution is 2.30. The Labute approximate surface area is 139 Å². The molecular formula is C19H29NO3. The van der Waals surface area contributed by atoms with Crippen molar-refractivity contribution in [1.82, 2.24) is 4.90 Å². The van der Waals surface area contributed by atoms with Crippen LogP contribution in [0.4, 0.5) is 0 Å². The van der Waals surface area contributed by atoms with Gasteiger partial charge < -0.3 is 9.47 Å². The Morgan fingerprint density at radius 2 is 1.61 bits per heavy atom. The van der Waals surface area contributed by atoms with Gasteiger partial charge in [-0.2, -0.15) is 0 Å². The minimum Gasteiger partial charge on any atom is -0.487 e. The first-order chi connectivity index (χ1) is 11.0. The number of likely N-dealkylation sites (tertiary alicyclic amines) is 1. The smallest absolute Gasteiger partial charge is 0.176 e. The highest BCUT2D eigenvalue weighted by atomic mass is 16.5. The number of benzene rings is 1. The summed E-state index contributed by atoms with van der Waals surface area (Å²) in [6.45, 7) is 10.4. The van der Waals surface area contributed by atoms with Gasteiger partial charge in [-0.15, -0.1) is 0 Å². The van der Waals surface area contributed by atoms with Gasteiger partial charge in [0.2, 0.25) is 0 Å². The number of piperidine rings is 1. The van der Waals surface area contributed by atoms with E-state index in [0.717, 1.165) is 13.1 Å². The molecule has 0 aromatic heterocycles. The zero-order valence-electron chi connectivity index (χ0n) is 14.8. The molecule has 2 rings (SSSR count).